The molecule has 0 radical (unpaired) electrons. The molecule has 0 aliphatic carbocycles. The van der Waals surface area contributed by atoms with Crippen LogP contribution in [0.3, 0.4) is 0 Å². The lowest BCUT2D eigenvalue weighted by Gasteiger charge is -2.17. The van der Waals surface area contributed by atoms with Gasteiger partial charge in [-0.15, -0.1) is 0 Å². The predicted molar refractivity (Wildman–Crippen MR) is 121 cm³/mol. The molecule has 0 unspecified atom stereocenters. The molecule has 0 aliphatic heterocycles. The van der Waals surface area contributed by atoms with Gasteiger partial charge in [-0.25, -0.2) is 14.4 Å². The molecule has 0 bridgehead atoms. The summed E-state index contributed by atoms with van der Waals surface area (Å²) in [5.41, 5.74) is 2.30. The molecular weight excluding hydrogens is 410 g/mol. The number of hydrogen-bond acceptors (Lipinski definition) is 6. The minimum atomic E-state index is -0.890. The van der Waals surface area contributed by atoms with Crippen molar-refractivity contribution in [2.75, 3.05) is 0 Å². The molecule has 7 heteroatoms. The van der Waals surface area contributed by atoms with Crippen LogP contribution in [0.1, 0.15) is 43.4 Å². The molecule has 0 saturated heterocycles. The van der Waals surface area contributed by atoms with Crippen molar-refractivity contribution in [2.24, 2.45) is 0 Å². The van der Waals surface area contributed by atoms with Crippen LogP contribution in [0.15, 0.2) is 57.7 Å². The van der Waals surface area contributed by atoms with Crippen LogP contribution < -0.4 is 15.7 Å². The number of ether oxygens (including phenoxy) is 2. The van der Waals surface area contributed by atoms with Gasteiger partial charge in [-0.05, 0) is 48.6 Å². The molecular formula is C25H27NO6. The van der Waals surface area contributed by atoms with E-state index in [0.29, 0.717) is 29.6 Å². The van der Waals surface area contributed by atoms with Gasteiger partial charge in [0.1, 0.15) is 24.0 Å². The molecule has 1 heterocycles. The average Bonchev–Trinajstić information content (AvgIpc) is 2.76. The summed E-state index contributed by atoms with van der Waals surface area (Å²) in [5.74, 6) is -0.320. The van der Waals surface area contributed by atoms with E-state index >= 15 is 0 Å². The van der Waals surface area contributed by atoms with Crippen molar-refractivity contribution in [2.45, 2.75) is 52.7 Å². The second-order valence-corrected chi connectivity index (χ2v) is 7.56. The van der Waals surface area contributed by atoms with E-state index in [-0.39, 0.29) is 6.61 Å². The van der Waals surface area contributed by atoms with Crippen molar-refractivity contribution in [1.29, 1.82) is 0 Å². The number of alkyl carbamates (subject to hydrolysis) is 1. The normalized spacial score (nSPS) is 11.7. The Morgan fingerprint density at radius 1 is 1.09 bits per heavy atom. The van der Waals surface area contributed by atoms with E-state index in [1.807, 2.05) is 44.2 Å². The SMILES string of the molecule is CCCc1cc(=O)oc2cc(C)cc(OC(=O)[C@H](CC)NC(=O)OCc3ccccc3)c12. The number of esters is 1. The molecule has 32 heavy (non-hydrogen) atoms. The maximum Gasteiger partial charge on any atom is 0.408 e. The number of carbonyl (C=O) groups excluding carboxylic acids is 2. The van der Waals surface area contributed by atoms with Crippen LogP contribution in [0.5, 0.6) is 5.75 Å². The third kappa shape index (κ3) is 5.75. The first-order chi connectivity index (χ1) is 15.4. The zero-order chi connectivity index (χ0) is 23.1. The van der Waals surface area contributed by atoms with Gasteiger partial charge in [-0.1, -0.05) is 50.6 Å². The van der Waals surface area contributed by atoms with Crippen molar-refractivity contribution in [1.82, 2.24) is 5.32 Å². The van der Waals surface area contributed by atoms with E-state index in [1.165, 1.54) is 6.07 Å². The fourth-order valence-corrected chi connectivity index (χ4v) is 3.43. The molecule has 1 N–H and O–H groups in total. The molecule has 1 amide bonds. The minimum Gasteiger partial charge on any atom is -0.445 e. The lowest BCUT2D eigenvalue weighted by molar-refractivity contribution is -0.136. The summed E-state index contributed by atoms with van der Waals surface area (Å²) in [6.07, 6.45) is 1.06. The van der Waals surface area contributed by atoms with Crippen LogP contribution in [-0.4, -0.2) is 18.1 Å². The molecule has 0 spiro atoms. The van der Waals surface area contributed by atoms with Crippen LogP contribution in [0, 0.1) is 6.92 Å². The maximum absolute atomic E-state index is 12.9. The molecule has 0 saturated carbocycles. The van der Waals surface area contributed by atoms with Crippen LogP contribution in [0.4, 0.5) is 4.79 Å². The fourth-order valence-electron chi connectivity index (χ4n) is 3.43. The predicted octanol–water partition coefficient (Wildman–Crippen LogP) is 4.66. The highest BCUT2D eigenvalue weighted by Crippen LogP contribution is 2.31. The number of amides is 1. The second kappa shape index (κ2) is 10.6. The Morgan fingerprint density at radius 3 is 2.53 bits per heavy atom. The molecule has 0 aliphatic rings. The molecule has 3 aromatic rings. The Bertz CT molecular complexity index is 1150. The van der Waals surface area contributed by atoms with Crippen molar-refractivity contribution in [3.05, 3.63) is 75.6 Å². The monoisotopic (exact) mass is 437 g/mol. The first-order valence-corrected chi connectivity index (χ1v) is 10.7. The Labute approximate surface area is 186 Å². The number of carbonyl (C=O) groups is 2. The van der Waals surface area contributed by atoms with E-state index in [0.717, 1.165) is 23.1 Å². The molecule has 1 atom stereocenters. The third-order valence-corrected chi connectivity index (χ3v) is 4.96. The standard InChI is InChI=1S/C25H27NO6/c1-4-9-18-14-22(27)31-20-12-16(3)13-21(23(18)20)32-24(28)19(5-2)26-25(29)30-15-17-10-7-6-8-11-17/h6-8,10-14,19H,4-5,9,15H2,1-3H3,(H,26,29)/t19-/m0/s1. The molecule has 7 nitrogen and oxygen atoms in total. The molecule has 3 rings (SSSR count). The van der Waals surface area contributed by atoms with Gasteiger partial charge >= 0.3 is 17.7 Å². The minimum absolute atomic E-state index is 0.0973. The van der Waals surface area contributed by atoms with Gasteiger partial charge in [-0.2, -0.15) is 0 Å². The Kier molecular flexibility index (Phi) is 7.65. The van der Waals surface area contributed by atoms with Crippen LogP contribution in [0.25, 0.3) is 11.0 Å². The maximum atomic E-state index is 12.9. The second-order valence-electron chi connectivity index (χ2n) is 7.56. The first-order valence-electron chi connectivity index (χ1n) is 10.7. The van der Waals surface area contributed by atoms with E-state index < -0.39 is 23.7 Å². The van der Waals surface area contributed by atoms with Crippen LogP contribution in [-0.2, 0) is 22.6 Å². The Balaban J connectivity index is 1.77. The van der Waals surface area contributed by atoms with Crippen molar-refractivity contribution < 1.29 is 23.5 Å². The van der Waals surface area contributed by atoms with E-state index in [4.69, 9.17) is 13.9 Å². The average molecular weight is 437 g/mol. The van der Waals surface area contributed by atoms with Gasteiger partial charge in [-0.3, -0.25) is 0 Å². The fraction of sp³-hybridized carbons (Fsp3) is 0.320. The van der Waals surface area contributed by atoms with Crippen molar-refractivity contribution in [3.63, 3.8) is 0 Å². The number of benzene rings is 2. The topological polar surface area (TPSA) is 94.8 Å². The highest BCUT2D eigenvalue weighted by Gasteiger charge is 2.24. The van der Waals surface area contributed by atoms with Crippen molar-refractivity contribution >= 4 is 23.0 Å². The largest absolute Gasteiger partial charge is 0.445 e. The van der Waals surface area contributed by atoms with Crippen LogP contribution in [0.2, 0.25) is 0 Å². The van der Waals surface area contributed by atoms with Gasteiger partial charge < -0.3 is 19.2 Å². The summed E-state index contributed by atoms with van der Waals surface area (Å²) in [4.78, 5) is 37.0. The highest BCUT2D eigenvalue weighted by atomic mass is 16.6. The van der Waals surface area contributed by atoms with Crippen molar-refractivity contribution in [3.8, 4) is 5.75 Å². The van der Waals surface area contributed by atoms with Gasteiger partial charge in [0.15, 0.2) is 0 Å². The molecule has 168 valence electrons. The lowest BCUT2D eigenvalue weighted by atomic mass is 10.0. The summed E-state index contributed by atoms with van der Waals surface area (Å²) in [7, 11) is 0. The smallest absolute Gasteiger partial charge is 0.408 e. The van der Waals surface area contributed by atoms with E-state index in [2.05, 4.69) is 5.32 Å². The summed E-state index contributed by atoms with van der Waals surface area (Å²) >= 11 is 0. The zero-order valence-electron chi connectivity index (χ0n) is 18.5. The number of nitrogens with one attached hydrogen (secondary N) is 1. The summed E-state index contributed by atoms with van der Waals surface area (Å²) in [6, 6.07) is 13.3. The Morgan fingerprint density at radius 2 is 1.84 bits per heavy atom. The van der Waals surface area contributed by atoms with E-state index in [1.54, 1.807) is 19.1 Å². The van der Waals surface area contributed by atoms with Gasteiger partial charge in [0.05, 0.1) is 5.39 Å². The summed E-state index contributed by atoms with van der Waals surface area (Å²) < 4.78 is 16.2. The molecule has 0 fully saturated rings. The van der Waals surface area contributed by atoms with Crippen LogP contribution >= 0.6 is 0 Å². The van der Waals surface area contributed by atoms with Gasteiger partial charge in [0.25, 0.3) is 0 Å². The zero-order valence-corrected chi connectivity index (χ0v) is 18.5. The van der Waals surface area contributed by atoms with E-state index in [9.17, 15) is 14.4 Å². The van der Waals surface area contributed by atoms with Gasteiger partial charge in [0.2, 0.25) is 0 Å². The highest BCUT2D eigenvalue weighted by molar-refractivity contribution is 5.91. The number of aryl methyl sites for hydroxylation is 2. The van der Waals surface area contributed by atoms with Gasteiger partial charge in [0, 0.05) is 6.07 Å². The summed E-state index contributed by atoms with van der Waals surface area (Å²) in [6.45, 7) is 5.68. The quantitative estimate of drug-likeness (QED) is 0.313. The first kappa shape index (κ1) is 23.1. The molecule has 2 aromatic carbocycles. The summed E-state index contributed by atoms with van der Waals surface area (Å²) in [5, 5.41) is 3.15. The number of hydrogen-bond donors (Lipinski definition) is 1. The lowest BCUT2D eigenvalue weighted by Crippen LogP contribution is -2.42. The number of fused-ring (bicyclic) bond motifs is 1. The Hall–Kier alpha value is -3.61. The third-order valence-electron chi connectivity index (χ3n) is 4.96. The number of rotatable bonds is 8. The molecule has 1 aromatic heterocycles.